The van der Waals surface area contributed by atoms with Crippen molar-refractivity contribution in [2.24, 2.45) is 19.9 Å². The third kappa shape index (κ3) is 2.56. The van der Waals surface area contributed by atoms with Gasteiger partial charge in [-0.15, -0.1) is 5.10 Å². The number of rotatable bonds is 4. The second-order valence-electron chi connectivity index (χ2n) is 4.59. The van der Waals surface area contributed by atoms with Crippen molar-refractivity contribution in [3.8, 4) is 0 Å². The topological polar surface area (TPSA) is 86.6 Å². The summed E-state index contributed by atoms with van der Waals surface area (Å²) in [5.74, 6) is 5.69. The van der Waals surface area contributed by atoms with E-state index in [1.165, 1.54) is 5.56 Å². The third-order valence-corrected chi connectivity index (χ3v) is 3.99. The molecule has 0 fully saturated rings. The molecule has 2 aromatic rings. The summed E-state index contributed by atoms with van der Waals surface area (Å²) < 4.78 is 4.31. The Hall–Kier alpha value is -1.25. The van der Waals surface area contributed by atoms with E-state index in [1.54, 1.807) is 4.68 Å². The average Bonchev–Trinajstić information content (AvgIpc) is 2.81. The highest BCUT2D eigenvalue weighted by Gasteiger charge is 2.22. The van der Waals surface area contributed by atoms with E-state index in [9.17, 15) is 0 Å². The predicted octanol–water partition coefficient (Wildman–Crippen LogP) is 0.675. The Morgan fingerprint density at radius 2 is 2.00 bits per heavy atom. The van der Waals surface area contributed by atoms with Crippen LogP contribution in [0, 0.1) is 13.8 Å². The van der Waals surface area contributed by atoms with Crippen LogP contribution in [0.1, 0.15) is 28.7 Å². The molecule has 2 aromatic heterocycles. The van der Waals surface area contributed by atoms with Crippen LogP contribution >= 0.6 is 15.9 Å². The molecule has 0 aliphatic heterocycles. The van der Waals surface area contributed by atoms with Crippen molar-refractivity contribution < 1.29 is 0 Å². The normalized spacial score (nSPS) is 12.9. The summed E-state index contributed by atoms with van der Waals surface area (Å²) in [6.45, 7) is 4.06. The van der Waals surface area contributed by atoms with Crippen LogP contribution in [0.15, 0.2) is 4.60 Å². The van der Waals surface area contributed by atoms with Crippen molar-refractivity contribution in [1.82, 2.24) is 30.2 Å². The molecule has 0 aliphatic carbocycles. The van der Waals surface area contributed by atoms with Crippen LogP contribution in [-0.4, -0.2) is 24.8 Å². The standard InChI is InChI=1S/C11H18BrN7/c1-6-8(7(2)18(3)16-6)5-9(14-13)10-11(12)15-17-19(10)4/h9,14H,5,13H2,1-4H3. The van der Waals surface area contributed by atoms with Gasteiger partial charge < -0.3 is 0 Å². The van der Waals surface area contributed by atoms with Crippen LogP contribution in [0.25, 0.3) is 0 Å². The van der Waals surface area contributed by atoms with Crippen LogP contribution in [0.5, 0.6) is 0 Å². The fourth-order valence-electron chi connectivity index (χ4n) is 2.26. The molecule has 104 valence electrons. The van der Waals surface area contributed by atoms with Crippen molar-refractivity contribution in [2.75, 3.05) is 0 Å². The molecule has 19 heavy (non-hydrogen) atoms. The monoisotopic (exact) mass is 327 g/mol. The van der Waals surface area contributed by atoms with Crippen LogP contribution in [0.2, 0.25) is 0 Å². The summed E-state index contributed by atoms with van der Waals surface area (Å²) >= 11 is 3.40. The van der Waals surface area contributed by atoms with Gasteiger partial charge >= 0.3 is 0 Å². The maximum Gasteiger partial charge on any atom is 0.153 e. The van der Waals surface area contributed by atoms with Gasteiger partial charge in [-0.2, -0.15) is 5.10 Å². The molecule has 0 spiro atoms. The van der Waals surface area contributed by atoms with E-state index in [-0.39, 0.29) is 6.04 Å². The Balaban J connectivity index is 2.35. The highest BCUT2D eigenvalue weighted by Crippen LogP contribution is 2.25. The summed E-state index contributed by atoms with van der Waals surface area (Å²) in [5.41, 5.74) is 7.11. The third-order valence-electron chi connectivity index (χ3n) is 3.43. The van der Waals surface area contributed by atoms with Gasteiger partial charge in [-0.3, -0.25) is 16.0 Å². The largest absolute Gasteiger partial charge is 0.272 e. The van der Waals surface area contributed by atoms with Gasteiger partial charge in [0.15, 0.2) is 4.60 Å². The maximum absolute atomic E-state index is 5.69. The Morgan fingerprint density at radius 3 is 2.42 bits per heavy atom. The van der Waals surface area contributed by atoms with Crippen LogP contribution in [-0.2, 0) is 20.5 Å². The smallest absolute Gasteiger partial charge is 0.153 e. The Morgan fingerprint density at radius 1 is 1.32 bits per heavy atom. The zero-order chi connectivity index (χ0) is 14.2. The molecular formula is C11H18BrN7. The first-order valence-corrected chi connectivity index (χ1v) is 6.75. The number of nitrogens with one attached hydrogen (secondary N) is 1. The number of aromatic nitrogens is 5. The second-order valence-corrected chi connectivity index (χ2v) is 5.34. The van der Waals surface area contributed by atoms with Crippen molar-refractivity contribution >= 4 is 15.9 Å². The first kappa shape index (κ1) is 14.2. The number of aryl methyl sites for hydroxylation is 3. The Kier molecular flexibility index (Phi) is 4.02. The molecule has 0 amide bonds. The van der Waals surface area contributed by atoms with Gasteiger partial charge in [-0.1, -0.05) is 5.21 Å². The predicted molar refractivity (Wildman–Crippen MR) is 75.2 cm³/mol. The second kappa shape index (κ2) is 5.40. The van der Waals surface area contributed by atoms with E-state index >= 15 is 0 Å². The molecule has 7 nitrogen and oxygen atoms in total. The zero-order valence-electron chi connectivity index (χ0n) is 11.5. The van der Waals surface area contributed by atoms with Crippen molar-refractivity contribution in [3.05, 3.63) is 27.2 Å². The molecule has 0 aromatic carbocycles. The van der Waals surface area contributed by atoms with Crippen molar-refractivity contribution in [3.63, 3.8) is 0 Å². The number of nitrogens with two attached hydrogens (primary N) is 1. The lowest BCUT2D eigenvalue weighted by atomic mass is 10.0. The van der Waals surface area contributed by atoms with E-state index in [0.29, 0.717) is 4.60 Å². The quantitative estimate of drug-likeness (QED) is 0.636. The average molecular weight is 328 g/mol. The Bertz CT molecular complexity index is 567. The lowest BCUT2D eigenvalue weighted by Gasteiger charge is -2.16. The summed E-state index contributed by atoms with van der Waals surface area (Å²) in [5, 5.41) is 12.4. The van der Waals surface area contributed by atoms with Gasteiger partial charge in [-0.05, 0) is 41.8 Å². The number of hydrogen-bond donors (Lipinski definition) is 2. The minimum Gasteiger partial charge on any atom is -0.272 e. The molecule has 0 bridgehead atoms. The first-order valence-electron chi connectivity index (χ1n) is 5.96. The highest BCUT2D eigenvalue weighted by atomic mass is 79.9. The van der Waals surface area contributed by atoms with Crippen LogP contribution < -0.4 is 11.3 Å². The van der Waals surface area contributed by atoms with Gasteiger partial charge in [-0.25, -0.2) is 4.68 Å². The molecule has 0 radical (unpaired) electrons. The summed E-state index contributed by atoms with van der Waals surface area (Å²) in [6, 6.07) is -0.0732. The first-order chi connectivity index (χ1) is 8.95. The lowest BCUT2D eigenvalue weighted by Crippen LogP contribution is -2.31. The van der Waals surface area contributed by atoms with E-state index in [0.717, 1.165) is 23.5 Å². The Labute approximate surface area is 120 Å². The number of hydrazine groups is 1. The molecule has 3 N–H and O–H groups in total. The molecular weight excluding hydrogens is 310 g/mol. The molecule has 1 atom stereocenters. The SMILES string of the molecule is Cc1nn(C)c(C)c1CC(NN)c1c(Br)nnn1C. The molecule has 2 heterocycles. The molecule has 1 unspecified atom stereocenters. The fraction of sp³-hybridized carbons (Fsp3) is 0.545. The van der Waals surface area contributed by atoms with Crippen molar-refractivity contribution in [2.45, 2.75) is 26.3 Å². The lowest BCUT2D eigenvalue weighted by molar-refractivity contribution is 0.503. The summed E-state index contributed by atoms with van der Waals surface area (Å²) in [4.78, 5) is 0. The zero-order valence-corrected chi connectivity index (χ0v) is 13.1. The molecule has 8 heteroatoms. The molecule has 0 saturated heterocycles. The van der Waals surface area contributed by atoms with Crippen LogP contribution in [0.3, 0.4) is 0 Å². The van der Waals surface area contributed by atoms with Gasteiger partial charge in [0, 0.05) is 19.8 Å². The minimum atomic E-state index is -0.0732. The van der Waals surface area contributed by atoms with Gasteiger partial charge in [0.2, 0.25) is 0 Å². The fourth-order valence-corrected chi connectivity index (χ4v) is 2.86. The van der Waals surface area contributed by atoms with E-state index in [1.807, 2.05) is 25.7 Å². The number of nitrogens with zero attached hydrogens (tertiary/aromatic N) is 5. The molecule has 2 rings (SSSR count). The number of hydrogen-bond acceptors (Lipinski definition) is 5. The van der Waals surface area contributed by atoms with Gasteiger partial charge in [0.1, 0.15) is 0 Å². The maximum atomic E-state index is 5.69. The molecule has 0 aliphatic rings. The van der Waals surface area contributed by atoms with E-state index < -0.39 is 0 Å². The number of halogens is 1. The van der Waals surface area contributed by atoms with Crippen molar-refractivity contribution in [1.29, 1.82) is 0 Å². The van der Waals surface area contributed by atoms with E-state index in [2.05, 4.69) is 43.7 Å². The highest BCUT2D eigenvalue weighted by molar-refractivity contribution is 9.10. The summed E-state index contributed by atoms with van der Waals surface area (Å²) in [7, 11) is 3.79. The van der Waals surface area contributed by atoms with Crippen LogP contribution in [0.4, 0.5) is 0 Å². The van der Waals surface area contributed by atoms with Gasteiger partial charge in [0.25, 0.3) is 0 Å². The van der Waals surface area contributed by atoms with E-state index in [4.69, 9.17) is 5.84 Å². The minimum absolute atomic E-state index is 0.0732. The molecule has 0 saturated carbocycles. The van der Waals surface area contributed by atoms with Gasteiger partial charge in [0.05, 0.1) is 17.4 Å². The summed E-state index contributed by atoms with van der Waals surface area (Å²) in [6.07, 6.45) is 0.738.